The van der Waals surface area contributed by atoms with Crippen molar-refractivity contribution in [2.24, 2.45) is 5.41 Å². The summed E-state index contributed by atoms with van der Waals surface area (Å²) in [6.45, 7) is 4.58. The molecule has 0 aromatic heterocycles. The second-order valence-electron chi connectivity index (χ2n) is 9.83. The molecule has 6 nitrogen and oxygen atoms in total. The lowest BCUT2D eigenvalue weighted by Crippen LogP contribution is -2.44. The van der Waals surface area contributed by atoms with Crippen LogP contribution in [0.2, 0.25) is 0 Å². The van der Waals surface area contributed by atoms with Gasteiger partial charge in [0, 0.05) is 31.3 Å². The van der Waals surface area contributed by atoms with Gasteiger partial charge >= 0.3 is 0 Å². The largest absolute Gasteiger partial charge is 0.488 e. The molecule has 0 radical (unpaired) electrons. The average molecular weight is 485 g/mol. The molecule has 180 valence electrons. The zero-order valence-corrected chi connectivity index (χ0v) is 20.3. The molecule has 2 fully saturated rings. The summed E-state index contributed by atoms with van der Waals surface area (Å²) < 4.78 is 45.2. The van der Waals surface area contributed by atoms with Gasteiger partial charge < -0.3 is 9.64 Å². The van der Waals surface area contributed by atoms with E-state index in [1.165, 1.54) is 17.7 Å². The molecule has 1 N–H and O–H groups in total. The first kappa shape index (κ1) is 23.1. The Kier molecular flexibility index (Phi) is 5.76. The van der Waals surface area contributed by atoms with Gasteiger partial charge in [0.25, 0.3) is 0 Å². The van der Waals surface area contributed by atoms with Crippen molar-refractivity contribution in [2.75, 3.05) is 25.9 Å². The van der Waals surface area contributed by atoms with E-state index >= 15 is 0 Å². The smallest absolute Gasteiger partial charge is 0.240 e. The molecule has 2 heterocycles. The van der Waals surface area contributed by atoms with Crippen molar-refractivity contribution in [3.63, 3.8) is 0 Å². The van der Waals surface area contributed by atoms with Crippen LogP contribution in [0.4, 0.5) is 4.39 Å². The van der Waals surface area contributed by atoms with Crippen molar-refractivity contribution < 1.29 is 22.3 Å². The molecule has 1 saturated carbocycles. The molecule has 0 atom stereocenters. The normalized spacial score (nSPS) is 19.5. The minimum Gasteiger partial charge on any atom is -0.488 e. The van der Waals surface area contributed by atoms with Gasteiger partial charge in [-0.05, 0) is 61.4 Å². The van der Waals surface area contributed by atoms with Crippen LogP contribution >= 0.6 is 0 Å². The number of nitrogens with zero attached hydrogens (tertiary/aromatic N) is 1. The van der Waals surface area contributed by atoms with Crippen LogP contribution in [0.3, 0.4) is 0 Å². The highest BCUT2D eigenvalue weighted by molar-refractivity contribution is 7.89. The fraction of sp³-hybridized carbons (Fsp3) is 0.423. The molecule has 2 aliphatic heterocycles. The number of piperidine rings is 1. The van der Waals surface area contributed by atoms with Crippen LogP contribution in [-0.4, -0.2) is 45.1 Å². The number of rotatable bonds is 4. The summed E-state index contributed by atoms with van der Waals surface area (Å²) in [4.78, 5) is 14.8. The van der Waals surface area contributed by atoms with Crippen LogP contribution in [0.15, 0.2) is 42.0 Å². The van der Waals surface area contributed by atoms with E-state index in [0.717, 1.165) is 60.0 Å². The lowest BCUT2D eigenvalue weighted by molar-refractivity contribution is -0.125. The monoisotopic (exact) mass is 484 g/mol. The summed E-state index contributed by atoms with van der Waals surface area (Å²) in [6, 6.07) is 11.1. The van der Waals surface area contributed by atoms with Gasteiger partial charge in [-0.15, -0.1) is 0 Å². The van der Waals surface area contributed by atoms with Crippen molar-refractivity contribution in [1.29, 1.82) is 0 Å². The van der Waals surface area contributed by atoms with Gasteiger partial charge in [0.05, 0.1) is 11.7 Å². The van der Waals surface area contributed by atoms with Crippen molar-refractivity contribution in [3.05, 3.63) is 70.0 Å². The number of hydrogen-bond acceptors (Lipinski definition) is 5. The topological polar surface area (TPSA) is 75.7 Å². The number of nitrogens with one attached hydrogen (secondary N) is 1. The molecular formula is C26H29FN2O4S. The molecule has 0 unspecified atom stereocenters. The summed E-state index contributed by atoms with van der Waals surface area (Å²) >= 11 is 0. The predicted octanol–water partition coefficient (Wildman–Crippen LogP) is 3.78. The van der Waals surface area contributed by atoms with Crippen LogP contribution in [0, 0.1) is 18.2 Å². The molecule has 1 aliphatic carbocycles. The van der Waals surface area contributed by atoms with Crippen LogP contribution in [0.25, 0.3) is 5.57 Å². The van der Waals surface area contributed by atoms with E-state index in [9.17, 15) is 17.6 Å². The number of hydrogen-bond donors (Lipinski definition) is 1. The Hall–Kier alpha value is -2.71. The molecule has 1 saturated heterocycles. The maximum absolute atomic E-state index is 14.0. The number of fused-ring (bicyclic) bond motifs is 2. The van der Waals surface area contributed by atoms with Gasteiger partial charge in [0.2, 0.25) is 15.9 Å². The van der Waals surface area contributed by atoms with E-state index < -0.39 is 15.4 Å². The van der Waals surface area contributed by atoms with Crippen LogP contribution in [0.5, 0.6) is 5.75 Å². The van der Waals surface area contributed by atoms with E-state index in [4.69, 9.17) is 4.74 Å². The molecule has 34 heavy (non-hydrogen) atoms. The quantitative estimate of drug-likeness (QED) is 0.715. The number of carbonyl (C=O) groups excluding carboxylic acids is 1. The second-order valence-corrected chi connectivity index (χ2v) is 11.6. The number of ether oxygens (including phenoxy) is 1. The summed E-state index contributed by atoms with van der Waals surface area (Å²) in [5.74, 6) is -0.143. The number of amides is 1. The molecule has 0 spiro atoms. The third-order valence-electron chi connectivity index (χ3n) is 7.08. The molecule has 1 amide bonds. The van der Waals surface area contributed by atoms with Crippen molar-refractivity contribution in [2.45, 2.75) is 39.2 Å². The van der Waals surface area contributed by atoms with Crippen LogP contribution in [-0.2, 0) is 21.4 Å². The number of benzene rings is 2. The summed E-state index contributed by atoms with van der Waals surface area (Å²) in [7, 11) is -3.56. The van der Waals surface area contributed by atoms with E-state index in [2.05, 4.69) is 34.7 Å². The van der Waals surface area contributed by atoms with Crippen molar-refractivity contribution >= 4 is 21.5 Å². The van der Waals surface area contributed by atoms with Gasteiger partial charge in [-0.2, -0.15) is 0 Å². The zero-order valence-electron chi connectivity index (χ0n) is 19.5. The van der Waals surface area contributed by atoms with Gasteiger partial charge in [-0.1, -0.05) is 29.3 Å². The maximum Gasteiger partial charge on any atom is 0.240 e. The van der Waals surface area contributed by atoms with Crippen LogP contribution in [0.1, 0.15) is 47.9 Å². The fourth-order valence-electron chi connectivity index (χ4n) is 5.13. The van der Waals surface area contributed by atoms with Gasteiger partial charge in [-0.3, -0.25) is 9.52 Å². The Morgan fingerprint density at radius 1 is 1.12 bits per heavy atom. The highest BCUT2D eigenvalue weighted by atomic mass is 32.2. The highest BCUT2D eigenvalue weighted by Gasteiger charge is 2.51. The first-order valence-corrected chi connectivity index (χ1v) is 13.5. The highest BCUT2D eigenvalue weighted by Crippen LogP contribution is 2.47. The third kappa shape index (κ3) is 4.61. The Morgan fingerprint density at radius 2 is 1.82 bits per heavy atom. The molecular weight excluding hydrogens is 455 g/mol. The minimum atomic E-state index is -3.56. The Balaban J connectivity index is 1.41. The van der Waals surface area contributed by atoms with Crippen molar-refractivity contribution in [3.8, 4) is 5.75 Å². The number of likely N-dealkylation sites (tertiary alicyclic amines) is 1. The zero-order chi connectivity index (χ0) is 24.1. The number of halogens is 1. The minimum absolute atomic E-state index is 0.317. The van der Waals surface area contributed by atoms with E-state index in [-0.39, 0.29) is 11.7 Å². The summed E-state index contributed by atoms with van der Waals surface area (Å²) in [6.07, 6.45) is 4.08. The Bertz CT molecular complexity index is 1230. The van der Waals surface area contributed by atoms with Gasteiger partial charge in [-0.25, -0.2) is 12.8 Å². The van der Waals surface area contributed by atoms with Gasteiger partial charge in [0.15, 0.2) is 0 Å². The fourth-order valence-corrected chi connectivity index (χ4v) is 5.69. The second kappa shape index (κ2) is 8.50. The third-order valence-corrected chi connectivity index (χ3v) is 7.64. The molecule has 8 heteroatoms. The Morgan fingerprint density at radius 3 is 2.50 bits per heavy atom. The molecule has 2 aromatic rings. The van der Waals surface area contributed by atoms with E-state index in [0.29, 0.717) is 31.7 Å². The standard InChI is InChI=1S/C26H29FN2O4S/c1-17-3-5-21-19(13-17)15-33-23-14-20(27)4-6-22(23)24(21)18-7-11-29(12-8-18)16-26(9-10-26)25(30)28-34(2,31)32/h3-6,13-14H,7-12,15-16H2,1-2H3,(H,28,30). The van der Waals surface area contributed by atoms with Gasteiger partial charge in [0.1, 0.15) is 18.2 Å². The molecule has 3 aliphatic rings. The number of sulfonamides is 1. The maximum atomic E-state index is 14.0. The van der Waals surface area contributed by atoms with E-state index in [1.54, 1.807) is 0 Å². The SMILES string of the molecule is Cc1ccc2c(c1)COc1cc(F)ccc1C2=C1CCN(CC2(C(=O)NS(C)(=O)=O)CC2)CC1. The lowest BCUT2D eigenvalue weighted by atomic mass is 9.86. The first-order chi connectivity index (χ1) is 16.1. The van der Waals surface area contributed by atoms with Crippen molar-refractivity contribution in [1.82, 2.24) is 9.62 Å². The summed E-state index contributed by atoms with van der Waals surface area (Å²) in [5, 5.41) is 0. The first-order valence-electron chi connectivity index (χ1n) is 11.6. The van der Waals surface area contributed by atoms with E-state index in [1.807, 2.05) is 6.07 Å². The van der Waals surface area contributed by atoms with Crippen LogP contribution < -0.4 is 9.46 Å². The average Bonchev–Trinajstić information content (AvgIpc) is 3.57. The number of carbonyl (C=O) groups is 1. The molecule has 5 rings (SSSR count). The molecule has 2 aromatic carbocycles. The predicted molar refractivity (Wildman–Crippen MR) is 128 cm³/mol. The number of aryl methyl sites for hydroxylation is 1. The molecule has 0 bridgehead atoms. The lowest BCUT2D eigenvalue weighted by Gasteiger charge is -2.32. The Labute approximate surface area is 199 Å². The summed E-state index contributed by atoms with van der Waals surface area (Å²) in [5.41, 5.74) is 6.11.